The molecule has 3 nitrogen and oxygen atoms in total. The number of piperidine rings is 1. The average Bonchev–Trinajstić information content (AvgIpc) is 2.30. The molecule has 0 bridgehead atoms. The van der Waals surface area contributed by atoms with Gasteiger partial charge in [-0.25, -0.2) is 0 Å². The van der Waals surface area contributed by atoms with Gasteiger partial charge in [-0.3, -0.25) is 4.90 Å². The number of nitrogens with two attached hydrogens (primary N) is 1. The van der Waals surface area contributed by atoms with E-state index in [2.05, 4.69) is 36.4 Å². The zero-order valence-corrected chi connectivity index (χ0v) is 10.1. The van der Waals surface area contributed by atoms with Crippen LogP contribution in [-0.2, 0) is 0 Å². The molecule has 3 heteroatoms. The normalized spacial score (nSPS) is 25.9. The smallest absolute Gasteiger partial charge is 0.0597 e. The van der Waals surface area contributed by atoms with Crippen LogP contribution in [-0.4, -0.2) is 31.7 Å². The summed E-state index contributed by atoms with van der Waals surface area (Å²) in [5, 5.41) is 3.53. The van der Waals surface area contributed by atoms with Crippen molar-refractivity contribution in [1.82, 2.24) is 10.2 Å². The lowest BCUT2D eigenvalue weighted by Crippen LogP contribution is -2.46. The summed E-state index contributed by atoms with van der Waals surface area (Å²) in [5.41, 5.74) is 7.98. The molecular formula is C13H21N3. The fourth-order valence-electron chi connectivity index (χ4n) is 2.36. The number of nitrogen functional groups attached to an aromatic ring is 1. The summed E-state index contributed by atoms with van der Waals surface area (Å²) in [6.07, 6.45) is 2.89. The summed E-state index contributed by atoms with van der Waals surface area (Å²) in [6, 6.07) is 8.33. The van der Waals surface area contributed by atoms with Crippen molar-refractivity contribution in [3.8, 4) is 0 Å². The molecule has 0 amide bonds. The Bertz CT molecular complexity index is 332. The van der Waals surface area contributed by atoms with Gasteiger partial charge >= 0.3 is 0 Å². The fraction of sp³-hybridized carbons (Fsp3) is 0.538. The second kappa shape index (κ2) is 4.85. The molecule has 2 unspecified atom stereocenters. The molecule has 1 aliphatic rings. The number of nitrogens with zero attached hydrogens (tertiary/aromatic N) is 1. The SMILES string of the molecule is CN(C)C1CC(c2ccc(N)cc2)CCN1. The summed E-state index contributed by atoms with van der Waals surface area (Å²) in [4.78, 5) is 2.25. The molecule has 16 heavy (non-hydrogen) atoms. The van der Waals surface area contributed by atoms with Gasteiger partial charge in [0.15, 0.2) is 0 Å². The average molecular weight is 219 g/mol. The first-order chi connectivity index (χ1) is 7.66. The predicted molar refractivity (Wildman–Crippen MR) is 68.3 cm³/mol. The van der Waals surface area contributed by atoms with Gasteiger partial charge in [0.2, 0.25) is 0 Å². The first-order valence-electron chi connectivity index (χ1n) is 5.92. The molecule has 2 rings (SSSR count). The third-order valence-electron chi connectivity index (χ3n) is 3.41. The molecule has 0 radical (unpaired) electrons. The van der Waals surface area contributed by atoms with Crippen LogP contribution in [0.1, 0.15) is 24.3 Å². The van der Waals surface area contributed by atoms with Gasteiger partial charge in [-0.15, -0.1) is 0 Å². The lowest BCUT2D eigenvalue weighted by atomic mass is 9.88. The van der Waals surface area contributed by atoms with E-state index in [1.54, 1.807) is 0 Å². The number of hydrogen-bond donors (Lipinski definition) is 2. The van der Waals surface area contributed by atoms with E-state index < -0.39 is 0 Å². The number of hydrogen-bond acceptors (Lipinski definition) is 3. The molecule has 3 N–H and O–H groups in total. The standard InChI is InChI=1S/C13H21N3/c1-16(2)13-9-11(7-8-15-13)10-3-5-12(14)6-4-10/h3-6,11,13,15H,7-9,14H2,1-2H3. The molecule has 1 aliphatic heterocycles. The molecule has 0 spiro atoms. The van der Waals surface area contributed by atoms with Crippen LogP contribution in [0, 0.1) is 0 Å². The van der Waals surface area contributed by atoms with E-state index in [9.17, 15) is 0 Å². The zero-order chi connectivity index (χ0) is 11.5. The van der Waals surface area contributed by atoms with Crippen molar-refractivity contribution in [3.05, 3.63) is 29.8 Å². The third kappa shape index (κ3) is 2.54. The Balaban J connectivity index is 2.06. The molecule has 1 fully saturated rings. The quantitative estimate of drug-likeness (QED) is 0.743. The molecule has 0 aromatic heterocycles. The number of anilines is 1. The summed E-state index contributed by atoms with van der Waals surface area (Å²) >= 11 is 0. The number of nitrogens with one attached hydrogen (secondary N) is 1. The highest BCUT2D eigenvalue weighted by molar-refractivity contribution is 5.40. The van der Waals surface area contributed by atoms with Crippen LogP contribution in [0.25, 0.3) is 0 Å². The topological polar surface area (TPSA) is 41.3 Å². The van der Waals surface area contributed by atoms with E-state index in [0.29, 0.717) is 12.1 Å². The van der Waals surface area contributed by atoms with Crippen molar-refractivity contribution >= 4 is 5.69 Å². The van der Waals surface area contributed by atoms with Crippen molar-refractivity contribution in [2.24, 2.45) is 0 Å². The second-order valence-corrected chi connectivity index (χ2v) is 4.82. The van der Waals surface area contributed by atoms with E-state index in [1.165, 1.54) is 18.4 Å². The van der Waals surface area contributed by atoms with Gasteiger partial charge in [0.25, 0.3) is 0 Å². The van der Waals surface area contributed by atoms with Crippen molar-refractivity contribution in [3.63, 3.8) is 0 Å². The molecular weight excluding hydrogens is 198 g/mol. The van der Waals surface area contributed by atoms with Crippen LogP contribution in [0.2, 0.25) is 0 Å². The molecule has 0 saturated carbocycles. The molecule has 88 valence electrons. The minimum Gasteiger partial charge on any atom is -0.399 e. The second-order valence-electron chi connectivity index (χ2n) is 4.82. The van der Waals surface area contributed by atoms with Crippen molar-refractivity contribution in [2.75, 3.05) is 26.4 Å². The number of benzene rings is 1. The molecule has 1 saturated heterocycles. The maximum absolute atomic E-state index is 5.71. The van der Waals surface area contributed by atoms with Crippen LogP contribution in [0.3, 0.4) is 0 Å². The number of rotatable bonds is 2. The molecule has 1 heterocycles. The van der Waals surface area contributed by atoms with Gasteiger partial charge in [-0.05, 0) is 57.1 Å². The van der Waals surface area contributed by atoms with Crippen LogP contribution < -0.4 is 11.1 Å². The van der Waals surface area contributed by atoms with Gasteiger partial charge in [0, 0.05) is 5.69 Å². The van der Waals surface area contributed by atoms with Crippen molar-refractivity contribution in [2.45, 2.75) is 24.9 Å². The zero-order valence-electron chi connectivity index (χ0n) is 10.1. The Morgan fingerprint density at radius 3 is 2.56 bits per heavy atom. The maximum Gasteiger partial charge on any atom is 0.0597 e. The Hall–Kier alpha value is -1.06. The lowest BCUT2D eigenvalue weighted by Gasteiger charge is -2.34. The maximum atomic E-state index is 5.71. The lowest BCUT2D eigenvalue weighted by molar-refractivity contribution is 0.190. The summed E-state index contributed by atoms with van der Waals surface area (Å²) in [7, 11) is 4.26. The van der Waals surface area contributed by atoms with Crippen LogP contribution in [0.15, 0.2) is 24.3 Å². The van der Waals surface area contributed by atoms with E-state index in [-0.39, 0.29) is 0 Å². The van der Waals surface area contributed by atoms with Gasteiger partial charge in [-0.2, -0.15) is 0 Å². The van der Waals surface area contributed by atoms with E-state index in [0.717, 1.165) is 12.2 Å². The van der Waals surface area contributed by atoms with Crippen molar-refractivity contribution in [1.29, 1.82) is 0 Å². The van der Waals surface area contributed by atoms with Gasteiger partial charge in [0.1, 0.15) is 0 Å². The Kier molecular flexibility index (Phi) is 3.46. The monoisotopic (exact) mass is 219 g/mol. The molecule has 1 aromatic carbocycles. The highest BCUT2D eigenvalue weighted by atomic mass is 15.2. The minimum absolute atomic E-state index is 0.497. The van der Waals surface area contributed by atoms with E-state index >= 15 is 0 Å². The minimum atomic E-state index is 0.497. The molecule has 2 atom stereocenters. The summed E-state index contributed by atoms with van der Waals surface area (Å²) in [6.45, 7) is 1.10. The van der Waals surface area contributed by atoms with Gasteiger partial charge in [0.05, 0.1) is 6.17 Å². The van der Waals surface area contributed by atoms with Crippen LogP contribution >= 0.6 is 0 Å². The third-order valence-corrected chi connectivity index (χ3v) is 3.41. The fourth-order valence-corrected chi connectivity index (χ4v) is 2.36. The van der Waals surface area contributed by atoms with Crippen LogP contribution in [0.5, 0.6) is 0 Å². The molecule has 1 aromatic rings. The Morgan fingerprint density at radius 1 is 1.25 bits per heavy atom. The first kappa shape index (κ1) is 11.4. The molecule has 0 aliphatic carbocycles. The first-order valence-corrected chi connectivity index (χ1v) is 5.92. The summed E-state index contributed by atoms with van der Waals surface area (Å²) in [5.74, 6) is 0.661. The van der Waals surface area contributed by atoms with E-state index in [1.807, 2.05) is 12.1 Å². The van der Waals surface area contributed by atoms with Crippen molar-refractivity contribution < 1.29 is 0 Å². The van der Waals surface area contributed by atoms with Gasteiger partial charge in [-0.1, -0.05) is 12.1 Å². The van der Waals surface area contributed by atoms with Crippen LogP contribution in [0.4, 0.5) is 5.69 Å². The largest absolute Gasteiger partial charge is 0.399 e. The highest BCUT2D eigenvalue weighted by Gasteiger charge is 2.23. The Morgan fingerprint density at radius 2 is 1.94 bits per heavy atom. The predicted octanol–water partition coefficient (Wildman–Crippen LogP) is 1.62. The summed E-state index contributed by atoms with van der Waals surface area (Å²) < 4.78 is 0. The highest BCUT2D eigenvalue weighted by Crippen LogP contribution is 2.28. The van der Waals surface area contributed by atoms with Gasteiger partial charge < -0.3 is 11.1 Å². The van der Waals surface area contributed by atoms with E-state index in [4.69, 9.17) is 5.73 Å². The Labute approximate surface area is 97.6 Å².